The normalized spacial score (nSPS) is 11.4. The van der Waals surface area contributed by atoms with Crippen LogP contribution in [0.25, 0.3) is 22.4 Å². The minimum atomic E-state index is -0.483. The Morgan fingerprint density at radius 1 is 1.10 bits per heavy atom. The van der Waals surface area contributed by atoms with E-state index < -0.39 is 5.82 Å². The fourth-order valence-corrected chi connectivity index (χ4v) is 5.09. The van der Waals surface area contributed by atoms with Crippen molar-refractivity contribution < 1.29 is 4.39 Å². The van der Waals surface area contributed by atoms with Gasteiger partial charge in [0.15, 0.2) is 0 Å². The summed E-state index contributed by atoms with van der Waals surface area (Å²) in [5.41, 5.74) is 14.6. The molecule has 0 saturated carbocycles. The lowest BCUT2D eigenvalue weighted by Crippen LogP contribution is -2.02. The number of imidazole rings is 1. The molecule has 0 unspecified atom stereocenters. The molecule has 0 radical (unpaired) electrons. The molecule has 5 rings (SSSR count). The van der Waals surface area contributed by atoms with Crippen LogP contribution in [0, 0.1) is 12.7 Å². The van der Waals surface area contributed by atoms with E-state index in [4.69, 9.17) is 10.7 Å². The summed E-state index contributed by atoms with van der Waals surface area (Å²) in [5, 5.41) is 7.39. The summed E-state index contributed by atoms with van der Waals surface area (Å²) in [6, 6.07) is 17.1. The van der Waals surface area contributed by atoms with Crippen LogP contribution in [0.3, 0.4) is 0 Å². The van der Waals surface area contributed by atoms with Crippen LogP contribution in [0.5, 0.6) is 0 Å². The topological polar surface area (TPSA) is 79.6 Å². The quantitative estimate of drug-likeness (QED) is 0.133. The third-order valence-corrected chi connectivity index (χ3v) is 7.05. The number of nitrogens with two attached hydrogens (primary N) is 1. The largest absolute Gasteiger partial charge is 0.396 e. The van der Waals surface area contributed by atoms with Crippen molar-refractivity contribution >= 4 is 34.0 Å². The fraction of sp³-hybridized carbons (Fsp3) is 0.0625. The number of hydrogen-bond donors (Lipinski definition) is 3. The number of anilines is 2. The van der Waals surface area contributed by atoms with Gasteiger partial charge >= 0.3 is 0 Å². The Kier molecular flexibility index (Phi) is 7.52. The highest BCUT2D eigenvalue weighted by atomic mass is 32.1. The number of rotatable bonds is 9. The number of thiophene rings is 1. The van der Waals surface area contributed by atoms with Gasteiger partial charge in [0, 0.05) is 35.1 Å². The van der Waals surface area contributed by atoms with Crippen molar-refractivity contribution in [2.24, 2.45) is 0 Å². The first kappa shape index (κ1) is 25.9. The number of aryl methyl sites for hydroxylation is 1. The second kappa shape index (κ2) is 11.3. The van der Waals surface area contributed by atoms with Crippen LogP contribution < -0.4 is 11.1 Å². The Morgan fingerprint density at radius 2 is 1.92 bits per heavy atom. The van der Waals surface area contributed by atoms with Crippen LogP contribution in [0.4, 0.5) is 15.8 Å². The van der Waals surface area contributed by atoms with Gasteiger partial charge in [0.2, 0.25) is 0 Å². The number of aromatic amines is 1. The molecule has 39 heavy (non-hydrogen) atoms. The SMILES string of the molecule is C=C/C=C(/c1ccsc1)c1nc(Cc2cc(-c3cncc(NC(=C)c4ccccc4)c3)cc(F)c2N)[nH]c1C. The van der Waals surface area contributed by atoms with Gasteiger partial charge in [0.1, 0.15) is 11.6 Å². The number of nitrogen functional groups attached to an aromatic ring is 1. The van der Waals surface area contributed by atoms with Gasteiger partial charge in [0.05, 0.1) is 23.3 Å². The molecule has 0 saturated heterocycles. The highest BCUT2D eigenvalue weighted by Gasteiger charge is 2.17. The van der Waals surface area contributed by atoms with Crippen molar-refractivity contribution in [2.45, 2.75) is 13.3 Å². The predicted molar refractivity (Wildman–Crippen MR) is 161 cm³/mol. The van der Waals surface area contributed by atoms with Crippen molar-refractivity contribution in [3.63, 3.8) is 0 Å². The maximum Gasteiger partial charge on any atom is 0.146 e. The Bertz CT molecular complexity index is 1670. The first-order chi connectivity index (χ1) is 18.9. The van der Waals surface area contributed by atoms with E-state index in [-0.39, 0.29) is 5.69 Å². The molecule has 5 aromatic rings. The minimum Gasteiger partial charge on any atom is -0.396 e. The van der Waals surface area contributed by atoms with E-state index in [1.54, 1.807) is 29.8 Å². The molecule has 194 valence electrons. The van der Waals surface area contributed by atoms with Crippen molar-refractivity contribution in [3.8, 4) is 11.1 Å². The molecule has 0 aliphatic heterocycles. The first-order valence-electron chi connectivity index (χ1n) is 12.4. The number of aromatic nitrogens is 3. The molecule has 7 heteroatoms. The molecule has 0 fully saturated rings. The molecule has 0 atom stereocenters. The molecule has 2 aromatic carbocycles. The van der Waals surface area contributed by atoms with E-state index in [1.165, 1.54) is 6.07 Å². The van der Waals surface area contributed by atoms with E-state index in [1.807, 2.05) is 60.8 Å². The average molecular weight is 534 g/mol. The van der Waals surface area contributed by atoms with Gasteiger partial charge in [-0.05, 0) is 64.2 Å². The van der Waals surface area contributed by atoms with Gasteiger partial charge in [0.25, 0.3) is 0 Å². The molecule has 4 N–H and O–H groups in total. The number of nitrogens with zero attached hydrogens (tertiary/aromatic N) is 2. The number of halogens is 1. The summed E-state index contributed by atoms with van der Waals surface area (Å²) >= 11 is 1.62. The molecule has 0 aliphatic carbocycles. The summed E-state index contributed by atoms with van der Waals surface area (Å²) in [7, 11) is 0. The minimum absolute atomic E-state index is 0.105. The average Bonchev–Trinajstić information content (AvgIpc) is 3.60. The number of allylic oxidation sites excluding steroid dienone is 2. The standard InChI is InChI=1S/C32H28FN5S/c1-4-8-28(23-11-12-39-19-23)32-21(3)37-30(38-32)16-25-13-24(15-29(33)31(25)34)26-14-27(18-35-17-26)36-20(2)22-9-6-5-7-10-22/h4-15,17-19,36H,1-2,16,34H2,3H3,(H,37,38)/b28-8-. The van der Waals surface area contributed by atoms with Crippen LogP contribution in [0.2, 0.25) is 0 Å². The summed E-state index contributed by atoms with van der Waals surface area (Å²) in [6.45, 7) is 9.95. The second-order valence-corrected chi connectivity index (χ2v) is 9.90. The zero-order valence-electron chi connectivity index (χ0n) is 21.5. The number of nitrogens with one attached hydrogen (secondary N) is 2. The third-order valence-electron chi connectivity index (χ3n) is 6.37. The van der Waals surface area contributed by atoms with Crippen LogP contribution in [0.15, 0.2) is 103 Å². The highest BCUT2D eigenvalue weighted by Crippen LogP contribution is 2.31. The number of hydrogen-bond acceptors (Lipinski definition) is 5. The van der Waals surface area contributed by atoms with Crippen molar-refractivity contribution in [3.05, 3.63) is 143 Å². The van der Waals surface area contributed by atoms with Crippen LogP contribution >= 0.6 is 11.3 Å². The smallest absolute Gasteiger partial charge is 0.146 e. The van der Waals surface area contributed by atoms with Gasteiger partial charge in [-0.2, -0.15) is 11.3 Å². The number of pyridine rings is 1. The maximum atomic E-state index is 15.0. The van der Waals surface area contributed by atoms with Crippen LogP contribution in [0.1, 0.15) is 33.9 Å². The molecular formula is C32H28FN5S. The van der Waals surface area contributed by atoms with E-state index in [0.29, 0.717) is 23.4 Å². The lowest BCUT2D eigenvalue weighted by molar-refractivity contribution is 0.631. The number of H-pyrrole nitrogens is 1. The van der Waals surface area contributed by atoms with Gasteiger partial charge in [-0.15, -0.1) is 0 Å². The van der Waals surface area contributed by atoms with Crippen LogP contribution in [-0.4, -0.2) is 15.0 Å². The van der Waals surface area contributed by atoms with E-state index >= 15 is 4.39 Å². The summed E-state index contributed by atoms with van der Waals surface area (Å²) in [4.78, 5) is 12.6. The highest BCUT2D eigenvalue weighted by molar-refractivity contribution is 7.08. The van der Waals surface area contributed by atoms with Gasteiger partial charge in [-0.3, -0.25) is 4.98 Å². The molecule has 0 bridgehead atoms. The molecule has 0 spiro atoms. The van der Waals surface area contributed by atoms with Gasteiger partial charge < -0.3 is 16.0 Å². The molecule has 5 nitrogen and oxygen atoms in total. The lowest BCUT2D eigenvalue weighted by atomic mass is 10.0. The van der Waals surface area contributed by atoms with E-state index in [2.05, 4.69) is 39.9 Å². The zero-order chi connectivity index (χ0) is 27.4. The summed E-state index contributed by atoms with van der Waals surface area (Å²) in [6.07, 6.45) is 7.46. The predicted octanol–water partition coefficient (Wildman–Crippen LogP) is 7.85. The third kappa shape index (κ3) is 5.73. The lowest BCUT2D eigenvalue weighted by Gasteiger charge is -2.12. The molecule has 3 heterocycles. The summed E-state index contributed by atoms with van der Waals surface area (Å²) < 4.78 is 15.0. The monoisotopic (exact) mass is 533 g/mol. The second-order valence-electron chi connectivity index (χ2n) is 9.12. The molecule has 0 aliphatic rings. The summed E-state index contributed by atoms with van der Waals surface area (Å²) in [5.74, 6) is 0.215. The van der Waals surface area contributed by atoms with Gasteiger partial charge in [-0.1, -0.05) is 55.6 Å². The molecule has 0 amide bonds. The van der Waals surface area contributed by atoms with Gasteiger partial charge in [-0.25, -0.2) is 9.37 Å². The Balaban J connectivity index is 1.43. The number of benzene rings is 2. The maximum absolute atomic E-state index is 15.0. The Labute approximate surface area is 231 Å². The van der Waals surface area contributed by atoms with Crippen molar-refractivity contribution in [1.29, 1.82) is 0 Å². The Morgan fingerprint density at radius 3 is 2.67 bits per heavy atom. The van der Waals surface area contributed by atoms with E-state index in [9.17, 15) is 0 Å². The Hall–Kier alpha value is -4.75. The molecule has 3 aromatic heterocycles. The van der Waals surface area contributed by atoms with Crippen LogP contribution in [-0.2, 0) is 6.42 Å². The van der Waals surface area contributed by atoms with Crippen molar-refractivity contribution in [1.82, 2.24) is 15.0 Å². The van der Waals surface area contributed by atoms with E-state index in [0.717, 1.165) is 45.0 Å². The van der Waals surface area contributed by atoms with Crippen molar-refractivity contribution in [2.75, 3.05) is 11.1 Å². The molecular weight excluding hydrogens is 505 g/mol. The zero-order valence-corrected chi connectivity index (χ0v) is 22.4. The fourth-order valence-electron chi connectivity index (χ4n) is 4.44. The first-order valence-corrected chi connectivity index (χ1v) is 13.3.